The van der Waals surface area contributed by atoms with Crippen LogP contribution in [0.15, 0.2) is 107 Å². The van der Waals surface area contributed by atoms with Crippen LogP contribution < -0.4 is 9.64 Å². The van der Waals surface area contributed by atoms with Crippen molar-refractivity contribution < 1.29 is 22.8 Å². The van der Waals surface area contributed by atoms with E-state index in [1.165, 1.54) is 0 Å². The van der Waals surface area contributed by atoms with E-state index >= 15 is 8.63 Å². The van der Waals surface area contributed by atoms with E-state index in [1.54, 1.807) is 13.2 Å². The Bertz CT molecular complexity index is 1910. The summed E-state index contributed by atoms with van der Waals surface area (Å²) in [6.45, 7) is 5.89. The lowest BCUT2D eigenvalue weighted by atomic mass is 9.95. The maximum Gasteiger partial charge on any atom is 0.678 e. The maximum absolute atomic E-state index is 15.1. The zero-order valence-corrected chi connectivity index (χ0v) is 31.2. The van der Waals surface area contributed by atoms with Crippen LogP contribution in [0.1, 0.15) is 40.6 Å². The Kier molecular flexibility index (Phi) is 13.0. The summed E-state index contributed by atoms with van der Waals surface area (Å²) < 4.78 is 48.5. The van der Waals surface area contributed by atoms with Crippen LogP contribution in [0.25, 0.3) is 23.8 Å². The normalized spacial score (nSPS) is 14.0. The van der Waals surface area contributed by atoms with E-state index in [2.05, 4.69) is 22.6 Å². The smallest absolute Gasteiger partial charge is 0.491 e. The van der Waals surface area contributed by atoms with Crippen LogP contribution in [-0.4, -0.2) is 65.2 Å². The molecule has 0 bridgehead atoms. The average Bonchev–Trinajstić information content (AvgIpc) is 3.64. The van der Waals surface area contributed by atoms with Gasteiger partial charge in [-0.05, 0) is 125 Å². The first-order valence-electron chi connectivity index (χ1n) is 16.4. The average molecular weight is 787 g/mol. The van der Waals surface area contributed by atoms with Crippen LogP contribution >= 0.6 is 22.6 Å². The van der Waals surface area contributed by atoms with E-state index in [9.17, 15) is 0 Å². The Morgan fingerprint density at radius 2 is 1.48 bits per heavy atom. The number of methoxy groups -OCH3 is 1. The number of anilines is 1. The summed E-state index contributed by atoms with van der Waals surface area (Å²) in [5, 5.41) is 0. The number of aromatic nitrogens is 1. The molecule has 258 valence electrons. The van der Waals surface area contributed by atoms with E-state index in [0.29, 0.717) is 49.1 Å². The van der Waals surface area contributed by atoms with Crippen LogP contribution in [0.5, 0.6) is 5.75 Å². The van der Waals surface area contributed by atoms with E-state index in [0.717, 1.165) is 53.0 Å². The van der Waals surface area contributed by atoms with Crippen LogP contribution in [-0.2, 0) is 9.47 Å². The first-order chi connectivity index (χ1) is 24.1. The van der Waals surface area contributed by atoms with Gasteiger partial charge in [-0.15, -0.1) is 0 Å². The number of rotatable bonds is 15. The Hall–Kier alpha value is -4.26. The minimum atomic E-state index is -2.77. The molecule has 4 aromatic rings. The number of benzene rings is 3. The Morgan fingerprint density at radius 3 is 2.12 bits per heavy atom. The summed E-state index contributed by atoms with van der Waals surface area (Å²) >= 11 is 2.25. The van der Waals surface area contributed by atoms with Crippen molar-refractivity contribution in [1.29, 1.82) is 0 Å². The quantitative estimate of drug-likeness (QED) is 0.0685. The zero-order chi connectivity index (χ0) is 35.6. The second-order valence-corrected chi connectivity index (χ2v) is 13.3. The highest BCUT2D eigenvalue weighted by Gasteiger charge is 2.30. The number of allylic oxidation sites excluding steroid dienone is 3. The molecule has 1 aliphatic heterocycles. The summed E-state index contributed by atoms with van der Waals surface area (Å²) in [5.41, 5.74) is 8.37. The number of nitrogens with zero attached hydrogens (tertiary/aromatic N) is 3. The van der Waals surface area contributed by atoms with Crippen molar-refractivity contribution in [3.63, 3.8) is 0 Å². The molecular weight excluding hydrogens is 746 g/mol. The molecule has 3 aromatic carbocycles. The van der Waals surface area contributed by atoms with Crippen LogP contribution in [0.3, 0.4) is 0 Å². The monoisotopic (exact) mass is 787 g/mol. The highest BCUT2D eigenvalue weighted by atomic mass is 127. The van der Waals surface area contributed by atoms with Gasteiger partial charge in [-0.1, -0.05) is 48.6 Å². The third-order valence-electron chi connectivity index (χ3n) is 8.15. The lowest BCUT2D eigenvalue weighted by molar-refractivity contribution is 0.0544. The fourth-order valence-electron chi connectivity index (χ4n) is 5.60. The van der Waals surface area contributed by atoms with Gasteiger partial charge in [0.25, 0.3) is 0 Å². The second kappa shape index (κ2) is 17.6. The molecule has 0 radical (unpaired) electrons. The fourth-order valence-corrected chi connectivity index (χ4v) is 5.96. The number of hydrogen-bond donors (Lipinski definition) is 0. The lowest BCUT2D eigenvalue weighted by Gasteiger charge is -2.17. The van der Waals surface area contributed by atoms with Crippen molar-refractivity contribution in [2.75, 3.05) is 52.5 Å². The van der Waals surface area contributed by atoms with E-state index in [1.807, 2.05) is 136 Å². The van der Waals surface area contributed by atoms with E-state index in [-0.39, 0.29) is 0 Å². The second-order valence-electron chi connectivity index (χ2n) is 12.0. The van der Waals surface area contributed by atoms with Gasteiger partial charge in [-0.25, -0.2) is 4.99 Å². The Balaban J connectivity index is 1.46. The summed E-state index contributed by atoms with van der Waals surface area (Å²) in [7, 11) is 2.84. The van der Waals surface area contributed by atoms with Crippen molar-refractivity contribution in [2.45, 2.75) is 13.8 Å². The largest absolute Gasteiger partial charge is 0.678 e. The van der Waals surface area contributed by atoms with Crippen molar-refractivity contribution in [3.05, 3.63) is 139 Å². The van der Waals surface area contributed by atoms with Gasteiger partial charge in [0, 0.05) is 47.4 Å². The summed E-state index contributed by atoms with van der Waals surface area (Å²) in [5.74, 6) is 0.757. The fraction of sp³-hybridized carbons (Fsp3) is 0.225. The molecule has 1 aliphatic rings. The molecule has 2 heterocycles. The maximum atomic E-state index is 15.1. The van der Waals surface area contributed by atoms with E-state index < -0.39 is 7.40 Å². The molecule has 0 saturated carbocycles. The van der Waals surface area contributed by atoms with Gasteiger partial charge in [0.1, 0.15) is 12.4 Å². The number of ether oxygens (including phenoxy) is 3. The predicted molar refractivity (Wildman–Crippen MR) is 212 cm³/mol. The van der Waals surface area contributed by atoms with Gasteiger partial charge >= 0.3 is 7.40 Å². The Labute approximate surface area is 307 Å². The standard InChI is InChI=1S/C40H41BF2IN3O3/c1-28-26-34(16-6-30-10-20-37(21-11-30)50-25-24-49-23-22-48-5)45-39(28)38(32-12-14-33(44)15-13-32)40-29(2)27-36(47(40)41(42)43)19-9-31-7-17-35(18-8-31)46(3)4/h6-21,26-27H,22-25H2,1-5H3/b16-6+,19-9+,39-38-. The number of aliphatic imine (C=N–C) groups is 1. The summed E-state index contributed by atoms with van der Waals surface area (Å²) in [4.78, 5) is 7.02. The van der Waals surface area contributed by atoms with Gasteiger partial charge in [-0.2, -0.15) is 0 Å². The minimum absolute atomic E-state index is 0.419. The van der Waals surface area contributed by atoms with Gasteiger partial charge in [0.2, 0.25) is 0 Å². The molecule has 0 spiro atoms. The zero-order valence-electron chi connectivity index (χ0n) is 29.0. The molecule has 0 atom stereocenters. The lowest BCUT2D eigenvalue weighted by Crippen LogP contribution is -2.18. The number of hydrogen-bond acceptors (Lipinski definition) is 5. The Morgan fingerprint density at radius 1 is 0.840 bits per heavy atom. The molecule has 0 N–H and O–H groups in total. The number of halogens is 3. The molecule has 1 aromatic heterocycles. The molecule has 10 heteroatoms. The van der Waals surface area contributed by atoms with Crippen molar-refractivity contribution in [1.82, 2.24) is 4.48 Å². The van der Waals surface area contributed by atoms with Crippen molar-refractivity contribution >= 4 is 65.2 Å². The van der Waals surface area contributed by atoms with Gasteiger partial charge < -0.3 is 23.6 Å². The predicted octanol–water partition coefficient (Wildman–Crippen LogP) is 9.33. The van der Waals surface area contributed by atoms with Gasteiger partial charge in [0.05, 0.1) is 31.2 Å². The first kappa shape index (κ1) is 37.0. The summed E-state index contributed by atoms with van der Waals surface area (Å²) in [6, 6.07) is 25.5. The van der Waals surface area contributed by atoms with Gasteiger partial charge in [-0.3, -0.25) is 8.63 Å². The van der Waals surface area contributed by atoms with Crippen LogP contribution in [0.4, 0.5) is 14.3 Å². The summed E-state index contributed by atoms with van der Waals surface area (Å²) in [6.07, 6.45) is 9.53. The third kappa shape index (κ3) is 9.50. The molecule has 6 nitrogen and oxygen atoms in total. The van der Waals surface area contributed by atoms with Gasteiger partial charge in [0.15, 0.2) is 0 Å². The van der Waals surface area contributed by atoms with Crippen molar-refractivity contribution in [2.24, 2.45) is 4.99 Å². The van der Waals surface area contributed by atoms with E-state index in [4.69, 9.17) is 19.2 Å². The molecule has 0 fully saturated rings. The van der Waals surface area contributed by atoms with Crippen LogP contribution in [0, 0.1) is 10.5 Å². The molecule has 0 aliphatic carbocycles. The van der Waals surface area contributed by atoms with Crippen LogP contribution in [0.2, 0.25) is 0 Å². The molecule has 0 unspecified atom stereocenters. The SMILES string of the molecule is COCCOCCOc1ccc(/C=C/C2=NC(=C(/c3ccc(I)cc3)c3c(C)cc(/C=C/c4ccc(N(C)C)cc4)n3B(F)F)/C(C)=C2)cc1. The molecule has 50 heavy (non-hydrogen) atoms. The topological polar surface area (TPSA) is 48.2 Å². The molecule has 0 amide bonds. The van der Waals surface area contributed by atoms with Crippen molar-refractivity contribution in [3.8, 4) is 5.75 Å². The molecule has 0 saturated heterocycles. The molecular formula is C40H41BF2IN3O3. The highest BCUT2D eigenvalue weighted by molar-refractivity contribution is 14.1. The number of aryl methyl sites for hydroxylation is 1. The molecule has 5 rings (SSSR count). The highest BCUT2D eigenvalue weighted by Crippen LogP contribution is 2.38. The minimum Gasteiger partial charge on any atom is -0.491 e. The third-order valence-corrected chi connectivity index (χ3v) is 8.87. The first-order valence-corrected chi connectivity index (χ1v) is 17.4.